The second-order valence-electron chi connectivity index (χ2n) is 6.22. The molecule has 2 aliphatic carbocycles. The van der Waals surface area contributed by atoms with E-state index >= 15 is 0 Å². The fourth-order valence-corrected chi connectivity index (χ4v) is 5.06. The third-order valence-corrected chi connectivity index (χ3v) is 6.35. The minimum Gasteiger partial charge on any atom is -0.304 e. The third-order valence-electron chi connectivity index (χ3n) is 3.62. The van der Waals surface area contributed by atoms with Crippen LogP contribution in [0.1, 0.15) is 53.4 Å². The molecule has 2 rings (SSSR count). The van der Waals surface area contributed by atoms with Crippen LogP contribution in [0.25, 0.3) is 0 Å². The molecule has 0 spiro atoms. The fourth-order valence-electron chi connectivity index (χ4n) is 2.72. The van der Waals surface area contributed by atoms with Crippen LogP contribution in [0, 0.1) is 11.3 Å². The molecule has 21 heavy (non-hydrogen) atoms. The van der Waals surface area contributed by atoms with E-state index in [2.05, 4.69) is 12.1 Å². The lowest BCUT2D eigenvalue weighted by molar-refractivity contribution is 0.139. The molecule has 0 N–H and O–H groups in total. The van der Waals surface area contributed by atoms with E-state index in [0.29, 0.717) is 0 Å². The van der Waals surface area contributed by atoms with E-state index in [4.69, 9.17) is 9.05 Å². The van der Waals surface area contributed by atoms with Gasteiger partial charge in [-0.05, 0) is 70.6 Å². The van der Waals surface area contributed by atoms with Gasteiger partial charge in [-0.15, -0.1) is 0 Å². The van der Waals surface area contributed by atoms with Crippen molar-refractivity contribution in [1.29, 1.82) is 5.26 Å². The molecule has 0 aromatic rings. The van der Waals surface area contributed by atoms with E-state index in [9.17, 15) is 9.83 Å². The number of nitriles is 1. The van der Waals surface area contributed by atoms with Crippen LogP contribution in [0.15, 0.2) is 23.3 Å². The smallest absolute Gasteiger partial charge is 0.304 e. The number of hydrogen-bond acceptors (Lipinski definition) is 4. The molecular weight excluding hydrogens is 285 g/mol. The molecule has 0 heterocycles. The van der Waals surface area contributed by atoms with Crippen LogP contribution < -0.4 is 0 Å². The van der Waals surface area contributed by atoms with E-state index in [1.165, 1.54) is 6.42 Å². The third kappa shape index (κ3) is 3.16. The number of hydrogen-bond donors (Lipinski definition) is 0. The Morgan fingerprint density at radius 1 is 1.24 bits per heavy atom. The van der Waals surface area contributed by atoms with Crippen LogP contribution in [0.4, 0.5) is 0 Å². The molecule has 0 amide bonds. The summed E-state index contributed by atoms with van der Waals surface area (Å²) in [6.07, 6.45) is 7.68. The number of allylic oxidation sites excluding steroid dienone is 4. The van der Waals surface area contributed by atoms with Crippen molar-refractivity contribution in [3.8, 4) is 6.07 Å². The Labute approximate surface area is 127 Å². The van der Waals surface area contributed by atoms with Gasteiger partial charge in [-0.3, -0.25) is 4.57 Å². The first-order valence-electron chi connectivity index (χ1n) is 7.65. The molecule has 0 aliphatic heterocycles. The summed E-state index contributed by atoms with van der Waals surface area (Å²) in [5.41, 5.74) is 2.00. The largest absolute Gasteiger partial charge is 0.359 e. The quantitative estimate of drug-likeness (QED) is 0.665. The maximum absolute atomic E-state index is 13.3. The SMILES string of the molecule is CC(C)OP(=O)(OC(C)C)[C@@]1(C#N)C=C1C1=CCCCC1. The first kappa shape index (κ1) is 16.5. The average molecular weight is 309 g/mol. The summed E-state index contributed by atoms with van der Waals surface area (Å²) in [5, 5.41) is 8.48. The highest BCUT2D eigenvalue weighted by molar-refractivity contribution is 7.57. The van der Waals surface area contributed by atoms with E-state index < -0.39 is 12.8 Å². The Morgan fingerprint density at radius 3 is 2.29 bits per heavy atom. The van der Waals surface area contributed by atoms with Gasteiger partial charge in [0.2, 0.25) is 5.16 Å². The monoisotopic (exact) mass is 309 g/mol. The molecule has 0 aromatic carbocycles. The first-order chi connectivity index (χ1) is 9.84. The summed E-state index contributed by atoms with van der Waals surface area (Å²) in [4.78, 5) is 0. The standard InChI is InChI=1S/C16H24NO3P/c1-12(2)19-21(18,20-13(3)4)16(11-17)10-15(16)14-8-6-5-7-9-14/h8,10,12-13H,5-7,9H2,1-4H3/t16-/m1/s1. The zero-order valence-electron chi connectivity index (χ0n) is 13.3. The number of nitrogens with zero attached hydrogens (tertiary/aromatic N) is 1. The van der Waals surface area contributed by atoms with Crippen molar-refractivity contribution < 1.29 is 13.6 Å². The normalized spacial score (nSPS) is 25.6. The van der Waals surface area contributed by atoms with Gasteiger partial charge in [-0.2, -0.15) is 5.26 Å². The maximum Gasteiger partial charge on any atom is 0.359 e. The summed E-state index contributed by atoms with van der Waals surface area (Å²) in [5.74, 6) is 0. The molecule has 0 saturated carbocycles. The minimum atomic E-state index is -3.54. The highest BCUT2D eigenvalue weighted by Gasteiger charge is 2.63. The lowest BCUT2D eigenvalue weighted by atomic mass is 9.96. The second-order valence-corrected chi connectivity index (χ2v) is 8.34. The van der Waals surface area contributed by atoms with Crippen LogP contribution in [0.5, 0.6) is 0 Å². The molecule has 2 aliphatic rings. The zero-order chi connectivity index (χ0) is 15.7. The van der Waals surface area contributed by atoms with Crippen LogP contribution in [0.2, 0.25) is 0 Å². The summed E-state index contributed by atoms with van der Waals surface area (Å²) in [6.45, 7) is 7.24. The molecule has 0 radical (unpaired) electrons. The first-order valence-corrected chi connectivity index (χ1v) is 9.20. The molecule has 0 unspecified atom stereocenters. The van der Waals surface area contributed by atoms with Gasteiger partial charge in [-0.1, -0.05) is 6.08 Å². The predicted molar refractivity (Wildman–Crippen MR) is 83.0 cm³/mol. The van der Waals surface area contributed by atoms with Crippen LogP contribution >= 0.6 is 7.60 Å². The van der Waals surface area contributed by atoms with E-state index in [-0.39, 0.29) is 12.2 Å². The van der Waals surface area contributed by atoms with Gasteiger partial charge in [0.05, 0.1) is 18.3 Å². The van der Waals surface area contributed by atoms with Gasteiger partial charge < -0.3 is 9.05 Å². The van der Waals surface area contributed by atoms with Gasteiger partial charge in [0.25, 0.3) is 0 Å². The van der Waals surface area contributed by atoms with E-state index in [1.54, 1.807) is 6.08 Å². The average Bonchev–Trinajstić information content (AvgIpc) is 3.14. The van der Waals surface area contributed by atoms with Crippen LogP contribution in [-0.2, 0) is 13.6 Å². The lowest BCUT2D eigenvalue weighted by Gasteiger charge is -2.28. The highest BCUT2D eigenvalue weighted by Crippen LogP contribution is 2.72. The van der Waals surface area contributed by atoms with Crippen molar-refractivity contribution in [2.75, 3.05) is 0 Å². The van der Waals surface area contributed by atoms with Gasteiger partial charge in [0.15, 0.2) is 0 Å². The molecule has 0 fully saturated rings. The molecule has 0 bridgehead atoms. The molecule has 1 atom stereocenters. The maximum atomic E-state index is 13.3. The topological polar surface area (TPSA) is 59.3 Å². The molecule has 4 nitrogen and oxygen atoms in total. The van der Waals surface area contributed by atoms with Gasteiger partial charge in [-0.25, -0.2) is 0 Å². The Kier molecular flexibility index (Phi) is 4.78. The van der Waals surface area contributed by atoms with Crippen molar-refractivity contribution in [1.82, 2.24) is 0 Å². The van der Waals surface area contributed by atoms with Crippen LogP contribution in [-0.4, -0.2) is 17.4 Å². The van der Waals surface area contributed by atoms with Crippen molar-refractivity contribution in [3.63, 3.8) is 0 Å². The highest BCUT2D eigenvalue weighted by atomic mass is 31.2. The number of rotatable bonds is 6. The minimum absolute atomic E-state index is 0.254. The van der Waals surface area contributed by atoms with Crippen LogP contribution in [0.3, 0.4) is 0 Å². The summed E-state index contributed by atoms with van der Waals surface area (Å²) in [6, 6.07) is 2.20. The Balaban J connectivity index is 2.29. The Hall–Kier alpha value is -0.880. The molecular formula is C16H24NO3P. The Morgan fingerprint density at radius 2 is 1.86 bits per heavy atom. The van der Waals surface area contributed by atoms with E-state index in [1.807, 2.05) is 27.7 Å². The zero-order valence-corrected chi connectivity index (χ0v) is 14.2. The van der Waals surface area contributed by atoms with Gasteiger partial charge in [0, 0.05) is 0 Å². The molecule has 0 saturated heterocycles. The Bertz CT molecular complexity index is 542. The lowest BCUT2D eigenvalue weighted by Crippen LogP contribution is -2.22. The van der Waals surface area contributed by atoms with Crippen molar-refractivity contribution in [2.45, 2.75) is 70.7 Å². The van der Waals surface area contributed by atoms with E-state index in [0.717, 1.165) is 30.4 Å². The van der Waals surface area contributed by atoms with Crippen molar-refractivity contribution in [3.05, 3.63) is 23.3 Å². The van der Waals surface area contributed by atoms with Gasteiger partial charge in [0.1, 0.15) is 0 Å². The summed E-state index contributed by atoms with van der Waals surface area (Å²) >= 11 is 0. The summed E-state index contributed by atoms with van der Waals surface area (Å²) in [7, 11) is -3.54. The van der Waals surface area contributed by atoms with Gasteiger partial charge >= 0.3 is 7.60 Å². The molecule has 0 aromatic heterocycles. The van der Waals surface area contributed by atoms with Crippen molar-refractivity contribution >= 4 is 7.60 Å². The molecule has 116 valence electrons. The predicted octanol–water partition coefficient (Wildman–Crippen LogP) is 4.73. The second kappa shape index (κ2) is 6.08. The summed E-state index contributed by atoms with van der Waals surface area (Å²) < 4.78 is 24.5. The van der Waals surface area contributed by atoms with Crippen molar-refractivity contribution in [2.24, 2.45) is 0 Å². The molecule has 5 heteroatoms. The fraction of sp³-hybridized carbons (Fsp3) is 0.688.